The number of rotatable bonds is 7. The highest BCUT2D eigenvalue weighted by molar-refractivity contribution is 7.22. The molecule has 0 saturated heterocycles. The molecule has 9 heteroatoms. The van der Waals surface area contributed by atoms with E-state index in [-0.39, 0.29) is 5.56 Å². The summed E-state index contributed by atoms with van der Waals surface area (Å²) in [5, 5.41) is 4.07. The van der Waals surface area contributed by atoms with Gasteiger partial charge in [-0.05, 0) is 42.0 Å². The Hall–Kier alpha value is -3.62. The topological polar surface area (TPSA) is 71.8 Å². The molecule has 7 nitrogen and oxygen atoms in total. The minimum absolute atomic E-state index is 0.115. The van der Waals surface area contributed by atoms with Crippen LogP contribution in [0, 0.1) is 0 Å². The first-order chi connectivity index (χ1) is 16.6. The average Bonchev–Trinajstić information content (AvgIpc) is 3.31. The maximum Gasteiger partial charge on any atom is 0.275 e. The first-order valence-electron chi connectivity index (χ1n) is 10.7. The average molecular weight is 492 g/mol. The summed E-state index contributed by atoms with van der Waals surface area (Å²) >= 11 is 7.43. The Morgan fingerprint density at radius 3 is 2.79 bits per heavy atom. The Morgan fingerprint density at radius 1 is 1.18 bits per heavy atom. The predicted octanol–water partition coefficient (Wildman–Crippen LogP) is 5.05. The molecule has 0 fully saturated rings. The summed E-state index contributed by atoms with van der Waals surface area (Å²) in [6.45, 7) is 2.20. The number of anilines is 1. The molecule has 0 radical (unpaired) electrons. The van der Waals surface area contributed by atoms with E-state index in [4.69, 9.17) is 16.3 Å². The molecule has 0 saturated carbocycles. The van der Waals surface area contributed by atoms with E-state index in [2.05, 4.69) is 20.2 Å². The molecular weight excluding hydrogens is 470 g/mol. The van der Waals surface area contributed by atoms with Crippen LogP contribution < -0.4 is 15.6 Å². The van der Waals surface area contributed by atoms with Gasteiger partial charge in [0.2, 0.25) is 0 Å². The third kappa shape index (κ3) is 4.55. The number of halogens is 1. The van der Waals surface area contributed by atoms with Gasteiger partial charge >= 0.3 is 0 Å². The van der Waals surface area contributed by atoms with E-state index >= 15 is 0 Å². The first-order valence-corrected chi connectivity index (χ1v) is 11.9. The van der Waals surface area contributed by atoms with E-state index in [0.717, 1.165) is 29.2 Å². The lowest BCUT2D eigenvalue weighted by atomic mass is 10.2. The second-order valence-corrected chi connectivity index (χ2v) is 9.18. The fourth-order valence-corrected chi connectivity index (χ4v) is 4.90. The van der Waals surface area contributed by atoms with Crippen LogP contribution in [-0.2, 0) is 0 Å². The van der Waals surface area contributed by atoms with E-state index in [1.807, 2.05) is 60.8 Å². The van der Waals surface area contributed by atoms with E-state index in [0.29, 0.717) is 33.3 Å². The summed E-state index contributed by atoms with van der Waals surface area (Å²) in [6, 6.07) is 15.1. The van der Waals surface area contributed by atoms with Gasteiger partial charge in [0.1, 0.15) is 23.4 Å². The van der Waals surface area contributed by atoms with Crippen molar-refractivity contribution in [1.82, 2.24) is 14.5 Å². The Morgan fingerprint density at radius 2 is 2.03 bits per heavy atom. The van der Waals surface area contributed by atoms with Crippen LogP contribution in [0.2, 0.25) is 5.02 Å². The number of hydrogen-bond acceptors (Lipinski definition) is 7. The van der Waals surface area contributed by atoms with Crippen LogP contribution in [-0.4, -0.2) is 47.5 Å². The minimum atomic E-state index is -0.115. The molecule has 3 heterocycles. The maximum absolute atomic E-state index is 13.3. The van der Waals surface area contributed by atoms with Crippen LogP contribution >= 0.6 is 22.9 Å². The molecule has 172 valence electrons. The number of thiophene rings is 1. The zero-order chi connectivity index (χ0) is 23.5. The van der Waals surface area contributed by atoms with E-state index in [1.165, 1.54) is 11.3 Å². The van der Waals surface area contributed by atoms with Crippen LogP contribution in [0.15, 0.2) is 76.9 Å². The van der Waals surface area contributed by atoms with Crippen LogP contribution in [0.5, 0.6) is 5.75 Å². The number of nitrogens with zero attached hydrogens (tertiary/aromatic N) is 4. The lowest BCUT2D eigenvalue weighted by Gasteiger charge is -2.21. The number of fused-ring (bicyclic) bond motifs is 1. The van der Waals surface area contributed by atoms with Gasteiger partial charge in [0.15, 0.2) is 0 Å². The van der Waals surface area contributed by atoms with E-state index < -0.39 is 0 Å². The molecule has 0 bridgehead atoms. The van der Waals surface area contributed by atoms with Crippen molar-refractivity contribution in [2.75, 3.05) is 32.2 Å². The number of methoxy groups -OCH3 is 1. The second-order valence-electron chi connectivity index (χ2n) is 7.69. The van der Waals surface area contributed by atoms with Gasteiger partial charge in [-0.3, -0.25) is 14.4 Å². The van der Waals surface area contributed by atoms with Gasteiger partial charge in [-0.2, -0.15) is 0 Å². The molecule has 1 aliphatic rings. The van der Waals surface area contributed by atoms with Crippen molar-refractivity contribution in [2.24, 2.45) is 4.99 Å². The molecular formula is C25H22ClN5O2S. The summed E-state index contributed by atoms with van der Waals surface area (Å²) < 4.78 is 7.74. The number of aromatic nitrogens is 2. The lowest BCUT2D eigenvalue weighted by Crippen LogP contribution is -2.26. The highest BCUT2D eigenvalue weighted by Crippen LogP contribution is 2.32. The Bertz CT molecular complexity index is 1440. The van der Waals surface area contributed by atoms with Crippen LogP contribution in [0.1, 0.15) is 0 Å². The van der Waals surface area contributed by atoms with Crippen molar-refractivity contribution >= 4 is 45.1 Å². The number of hydrogen-bond donors (Lipinski definition) is 1. The summed E-state index contributed by atoms with van der Waals surface area (Å²) in [7, 11) is 1.62. The van der Waals surface area contributed by atoms with Gasteiger partial charge in [-0.25, -0.2) is 4.98 Å². The number of nitrogens with one attached hydrogen (secondary N) is 1. The Kier molecular flexibility index (Phi) is 6.33. The summed E-state index contributed by atoms with van der Waals surface area (Å²) in [6.07, 6.45) is 7.31. The largest absolute Gasteiger partial charge is 0.495 e. The lowest BCUT2D eigenvalue weighted by molar-refractivity contribution is 0.398. The fraction of sp³-hybridized carbons (Fsp3) is 0.160. The molecule has 0 unspecified atom stereocenters. The predicted molar refractivity (Wildman–Crippen MR) is 140 cm³/mol. The van der Waals surface area contributed by atoms with Gasteiger partial charge in [0.05, 0.1) is 24.0 Å². The minimum Gasteiger partial charge on any atom is -0.495 e. The molecule has 2 aromatic carbocycles. The zero-order valence-corrected chi connectivity index (χ0v) is 20.0. The van der Waals surface area contributed by atoms with Crippen LogP contribution in [0.25, 0.3) is 26.3 Å². The van der Waals surface area contributed by atoms with Crippen molar-refractivity contribution in [2.45, 2.75) is 0 Å². The molecule has 0 amide bonds. The molecule has 1 N–H and O–H groups in total. The Labute approximate surface area is 205 Å². The second kappa shape index (κ2) is 9.70. The number of allylic oxidation sites excluding steroid dienone is 1. The van der Waals surface area contributed by atoms with Crippen molar-refractivity contribution in [3.8, 4) is 21.9 Å². The van der Waals surface area contributed by atoms with Gasteiger partial charge in [0.25, 0.3) is 5.56 Å². The standard InChI is InChI=1S/C25H22ClN5O2S/c1-33-22-13-19(7-8-20(22)28-10-12-30-11-2-9-27-15-30)31-16-29-21-14-23(34-24(21)25(31)32)17-3-5-18(26)6-4-17/h2-9,11,13-14,16,28H,10,12,15H2,1H3. The van der Waals surface area contributed by atoms with Crippen molar-refractivity contribution in [3.05, 3.63) is 82.5 Å². The number of benzene rings is 2. The summed E-state index contributed by atoms with van der Waals surface area (Å²) in [5.41, 5.74) is 3.12. The molecule has 0 aliphatic carbocycles. The van der Waals surface area contributed by atoms with Gasteiger partial charge in [-0.15, -0.1) is 11.3 Å². The molecule has 0 spiro atoms. The number of aliphatic imine (C=N–C) groups is 1. The zero-order valence-electron chi connectivity index (χ0n) is 18.4. The molecule has 2 aromatic heterocycles. The van der Waals surface area contributed by atoms with E-state index in [1.54, 1.807) is 24.2 Å². The molecule has 4 aromatic rings. The Balaban J connectivity index is 1.39. The van der Waals surface area contributed by atoms with Crippen LogP contribution in [0.4, 0.5) is 5.69 Å². The highest BCUT2D eigenvalue weighted by atomic mass is 35.5. The third-order valence-corrected chi connectivity index (χ3v) is 6.91. The maximum atomic E-state index is 13.3. The van der Waals surface area contributed by atoms with Crippen molar-refractivity contribution < 1.29 is 4.74 Å². The monoisotopic (exact) mass is 491 g/mol. The third-order valence-electron chi connectivity index (χ3n) is 5.50. The van der Waals surface area contributed by atoms with E-state index in [9.17, 15) is 4.79 Å². The SMILES string of the molecule is COc1cc(-n2cnc3cc(-c4ccc(Cl)cc4)sc3c2=O)ccc1NCCN1C=CC=NC1. The molecule has 1 aliphatic heterocycles. The van der Waals surface area contributed by atoms with Crippen LogP contribution in [0.3, 0.4) is 0 Å². The first kappa shape index (κ1) is 22.2. The fourth-order valence-electron chi connectivity index (χ4n) is 3.73. The molecule has 5 rings (SSSR count). The quantitative estimate of drug-likeness (QED) is 0.392. The normalized spacial score (nSPS) is 12.9. The number of ether oxygens (including phenoxy) is 1. The highest BCUT2D eigenvalue weighted by Gasteiger charge is 2.13. The summed E-state index contributed by atoms with van der Waals surface area (Å²) in [4.78, 5) is 25.1. The van der Waals surface area contributed by atoms with Gasteiger partial charge in [0, 0.05) is 41.5 Å². The van der Waals surface area contributed by atoms with Crippen molar-refractivity contribution in [3.63, 3.8) is 0 Å². The molecule has 0 atom stereocenters. The summed E-state index contributed by atoms with van der Waals surface area (Å²) in [5.74, 6) is 0.657. The van der Waals surface area contributed by atoms with Gasteiger partial charge in [-0.1, -0.05) is 23.7 Å². The smallest absolute Gasteiger partial charge is 0.275 e. The van der Waals surface area contributed by atoms with Crippen molar-refractivity contribution in [1.29, 1.82) is 0 Å². The van der Waals surface area contributed by atoms with Gasteiger partial charge < -0.3 is 15.0 Å². The molecule has 34 heavy (non-hydrogen) atoms.